The Morgan fingerprint density at radius 2 is 1.28 bits per heavy atom. The van der Waals surface area contributed by atoms with E-state index >= 15 is 0 Å². The van der Waals surface area contributed by atoms with Crippen LogP contribution in [0.15, 0.2) is 47.6 Å². The van der Waals surface area contributed by atoms with Gasteiger partial charge < -0.3 is 29.9 Å². The average molecular weight is 729 g/mol. The van der Waals surface area contributed by atoms with Gasteiger partial charge in [0.25, 0.3) is 0 Å². The van der Waals surface area contributed by atoms with E-state index < -0.39 is 11.2 Å². The van der Waals surface area contributed by atoms with Gasteiger partial charge in [-0.1, -0.05) is 55.4 Å². The molecule has 0 bridgehead atoms. The zero-order chi connectivity index (χ0) is 36.5. The molecule has 16 atom stereocenters. The lowest BCUT2D eigenvalue weighted by Gasteiger charge is -2.57. The Hall–Kier alpha value is -1.61. The maximum absolute atomic E-state index is 11.8. The predicted octanol–water partition coefficient (Wildman–Crippen LogP) is 6.70. The molecular weight excluding hydrogens is 664 g/mol. The molecule has 12 unspecified atom stereocenters. The third kappa shape index (κ3) is 5.01. The van der Waals surface area contributed by atoms with Gasteiger partial charge in [-0.2, -0.15) is 0 Å². The van der Waals surface area contributed by atoms with Crippen LogP contribution in [0, 0.1) is 81.8 Å². The molecule has 8 saturated carbocycles. The minimum Gasteiger partial charge on any atom is -0.392 e. The summed E-state index contributed by atoms with van der Waals surface area (Å²) in [5, 5.41) is 41.8. The second-order valence-electron chi connectivity index (χ2n) is 20.3. The number of aliphatic hydroxyl groups is 4. The largest absolute Gasteiger partial charge is 0.392 e. The number of rotatable bonds is 4. The van der Waals surface area contributed by atoms with Crippen molar-refractivity contribution in [1.29, 1.82) is 0 Å². The molecular formula is C46H64O7. The Balaban J connectivity index is 0.000000133. The summed E-state index contributed by atoms with van der Waals surface area (Å²) in [6, 6.07) is 0. The van der Waals surface area contributed by atoms with Crippen molar-refractivity contribution in [3.8, 4) is 0 Å². The van der Waals surface area contributed by atoms with Crippen molar-refractivity contribution in [1.82, 2.24) is 0 Å². The number of hydrogen-bond acceptors (Lipinski definition) is 7. The van der Waals surface area contributed by atoms with Gasteiger partial charge in [-0.25, -0.2) is 0 Å². The molecule has 1 saturated heterocycles. The van der Waals surface area contributed by atoms with E-state index in [4.69, 9.17) is 9.47 Å². The summed E-state index contributed by atoms with van der Waals surface area (Å²) >= 11 is 0. The first kappa shape index (κ1) is 35.8. The quantitative estimate of drug-likeness (QED) is 0.238. The number of ketones is 1. The van der Waals surface area contributed by atoms with Crippen molar-refractivity contribution in [2.75, 3.05) is 26.4 Å². The van der Waals surface area contributed by atoms with Crippen molar-refractivity contribution in [2.24, 2.45) is 81.8 Å². The van der Waals surface area contributed by atoms with Gasteiger partial charge in [-0.05, 0) is 148 Å². The Labute approximate surface area is 316 Å². The third-order valence-electron chi connectivity index (χ3n) is 18.6. The van der Waals surface area contributed by atoms with Crippen LogP contribution in [-0.4, -0.2) is 69.6 Å². The number of carbonyl (C=O) groups is 1. The van der Waals surface area contributed by atoms with E-state index in [2.05, 4.69) is 19.9 Å². The monoisotopic (exact) mass is 728 g/mol. The maximum Gasteiger partial charge on any atom is 0.172 e. The van der Waals surface area contributed by atoms with Crippen molar-refractivity contribution in [3.05, 3.63) is 47.6 Å². The fraction of sp³-hybridized carbons (Fsp3) is 0.804. The molecule has 0 aromatic rings. The fourth-order valence-electron chi connectivity index (χ4n) is 16.4. The Bertz CT molecular complexity index is 1620. The van der Waals surface area contributed by atoms with Crippen LogP contribution < -0.4 is 0 Å². The van der Waals surface area contributed by atoms with Crippen molar-refractivity contribution < 1.29 is 34.7 Å². The Morgan fingerprint density at radius 1 is 0.698 bits per heavy atom. The molecule has 7 heteroatoms. The SMILES string of the molecule is C[C@]12CCC3C4CCC(=O)C=C4CCC3C1C1CC1[C@@]2(O)/C=C\CO.C[C@]12CCC3C4CCC5(CC4=CCC3C1C1CC1[C@@]2(O)/C=C\CO)OCCO5. The lowest BCUT2D eigenvalue weighted by atomic mass is 9.49. The van der Waals surface area contributed by atoms with Crippen LogP contribution >= 0.6 is 0 Å². The van der Waals surface area contributed by atoms with Gasteiger partial charge in [-0.15, -0.1) is 0 Å². The Kier molecular flexibility index (Phi) is 8.40. The molecule has 10 aliphatic carbocycles. The molecule has 11 aliphatic rings. The summed E-state index contributed by atoms with van der Waals surface area (Å²) in [7, 11) is 0. The summed E-state index contributed by atoms with van der Waals surface area (Å²) in [5.41, 5.74) is 1.50. The van der Waals surface area contributed by atoms with Gasteiger partial charge in [0.05, 0.1) is 37.6 Å². The first-order chi connectivity index (χ1) is 25.5. The van der Waals surface area contributed by atoms with Gasteiger partial charge >= 0.3 is 0 Å². The maximum atomic E-state index is 11.8. The van der Waals surface area contributed by atoms with Gasteiger partial charge in [0.1, 0.15) is 0 Å². The molecule has 0 amide bonds. The van der Waals surface area contributed by atoms with Gasteiger partial charge in [0, 0.05) is 30.1 Å². The van der Waals surface area contributed by atoms with Gasteiger partial charge in [0.15, 0.2) is 11.6 Å². The predicted molar refractivity (Wildman–Crippen MR) is 201 cm³/mol. The highest BCUT2D eigenvalue weighted by Gasteiger charge is 2.76. The number of fused-ring (bicyclic) bond motifs is 14. The van der Waals surface area contributed by atoms with Crippen molar-refractivity contribution >= 4 is 5.78 Å². The minimum absolute atomic E-state index is 0.0107. The molecule has 290 valence electrons. The lowest BCUT2D eigenvalue weighted by Crippen LogP contribution is -2.54. The van der Waals surface area contributed by atoms with E-state index in [9.17, 15) is 25.2 Å². The number of carbonyl (C=O) groups excluding carboxylic acids is 1. The first-order valence-electron chi connectivity index (χ1n) is 21.7. The first-order valence-corrected chi connectivity index (χ1v) is 21.7. The van der Waals surface area contributed by atoms with Crippen LogP contribution in [0.25, 0.3) is 0 Å². The molecule has 53 heavy (non-hydrogen) atoms. The zero-order valence-electron chi connectivity index (χ0n) is 32.1. The smallest absolute Gasteiger partial charge is 0.172 e. The van der Waals surface area contributed by atoms with E-state index in [0.29, 0.717) is 65.0 Å². The number of ether oxygens (including phenoxy) is 2. The number of aliphatic hydroxyl groups excluding tert-OH is 2. The fourth-order valence-corrected chi connectivity index (χ4v) is 16.4. The van der Waals surface area contributed by atoms with Crippen LogP contribution in [0.4, 0.5) is 0 Å². The topological polar surface area (TPSA) is 116 Å². The minimum atomic E-state index is -0.727. The Morgan fingerprint density at radius 3 is 1.91 bits per heavy atom. The van der Waals surface area contributed by atoms with E-state index in [1.165, 1.54) is 37.7 Å². The molecule has 11 rings (SSSR count). The molecule has 1 aliphatic heterocycles. The zero-order valence-corrected chi connectivity index (χ0v) is 32.1. The molecule has 9 fully saturated rings. The molecule has 4 N–H and O–H groups in total. The van der Waals surface area contributed by atoms with Crippen LogP contribution in [0.2, 0.25) is 0 Å². The van der Waals surface area contributed by atoms with Crippen LogP contribution in [-0.2, 0) is 14.3 Å². The normalized spacial score (nSPS) is 53.6. The third-order valence-corrected chi connectivity index (χ3v) is 18.6. The summed E-state index contributed by atoms with van der Waals surface area (Å²) in [5.74, 6) is 7.62. The molecule has 0 aromatic heterocycles. The second kappa shape index (κ2) is 12.4. The molecule has 7 nitrogen and oxygen atoms in total. The molecule has 1 heterocycles. The molecule has 1 spiro atoms. The lowest BCUT2D eigenvalue weighted by molar-refractivity contribution is -0.178. The second-order valence-corrected chi connectivity index (χ2v) is 20.3. The van der Waals surface area contributed by atoms with Gasteiger partial charge in [-0.3, -0.25) is 4.79 Å². The van der Waals surface area contributed by atoms with Crippen LogP contribution in [0.3, 0.4) is 0 Å². The molecule has 0 aromatic carbocycles. The van der Waals surface area contributed by atoms with E-state index in [1.807, 2.05) is 18.2 Å². The summed E-state index contributed by atoms with van der Waals surface area (Å²) in [6.07, 6.45) is 27.3. The highest BCUT2D eigenvalue weighted by molar-refractivity contribution is 5.91. The van der Waals surface area contributed by atoms with E-state index in [1.54, 1.807) is 17.7 Å². The summed E-state index contributed by atoms with van der Waals surface area (Å²) < 4.78 is 12.0. The van der Waals surface area contributed by atoms with Crippen molar-refractivity contribution in [2.45, 2.75) is 121 Å². The van der Waals surface area contributed by atoms with Crippen molar-refractivity contribution in [3.63, 3.8) is 0 Å². The number of hydrogen-bond donors (Lipinski definition) is 4. The van der Waals surface area contributed by atoms with Crippen LogP contribution in [0.5, 0.6) is 0 Å². The highest BCUT2D eigenvalue weighted by atomic mass is 16.7. The van der Waals surface area contributed by atoms with E-state index in [-0.39, 0.29) is 29.8 Å². The summed E-state index contributed by atoms with van der Waals surface area (Å²) in [6.45, 7) is 6.18. The summed E-state index contributed by atoms with van der Waals surface area (Å²) in [4.78, 5) is 11.8. The van der Waals surface area contributed by atoms with E-state index in [0.717, 1.165) is 82.8 Å². The van der Waals surface area contributed by atoms with Gasteiger partial charge in [0.2, 0.25) is 0 Å². The number of allylic oxidation sites excluding steroid dienone is 2. The highest BCUT2D eigenvalue weighted by Crippen LogP contribution is 2.77. The standard InChI is InChI=1S/C24H34O4.C22H30O3/c1-22-8-5-17-16-6-9-23(27-11-12-28-23)14-15(16)3-4-18(17)21(22)19-13-20(19)24(22,26)7-2-10-25;1-21-9-7-16-15-6-4-14(24)11-13(15)3-5-17(16)20(21)18-12-19(18)22(21,25)8-2-10-23/h2-3,7,16-21,25-26H,4-6,8-14H2,1H3;2,8,11,15-20,23,25H,3-7,9-10,12H2,1H3/b7-2-;8-2-/t16?,17?,18?,19?,20?,21?,22-,24-;15?,16?,17?,18?,19?,20?,21-,22-/m00/s1. The average Bonchev–Trinajstić information content (AvgIpc) is 4.06. The molecule has 0 radical (unpaired) electrons. The van der Waals surface area contributed by atoms with Crippen LogP contribution in [0.1, 0.15) is 104 Å².